The van der Waals surface area contributed by atoms with Gasteiger partial charge in [-0.15, -0.1) is 0 Å². The molecule has 3 aromatic rings. The first kappa shape index (κ1) is 22.4. The number of benzene rings is 2. The molecule has 2 heterocycles. The van der Waals surface area contributed by atoms with Gasteiger partial charge >= 0.3 is 0 Å². The van der Waals surface area contributed by atoms with Crippen LogP contribution in [0.2, 0.25) is 0 Å². The number of amides is 2. The predicted octanol–water partition coefficient (Wildman–Crippen LogP) is 4.92. The van der Waals surface area contributed by atoms with E-state index < -0.39 is 0 Å². The number of nitrogens with one attached hydrogen (secondary N) is 2. The van der Waals surface area contributed by atoms with Crippen molar-refractivity contribution in [3.8, 4) is 0 Å². The van der Waals surface area contributed by atoms with Crippen molar-refractivity contribution >= 4 is 23.6 Å². The van der Waals surface area contributed by atoms with Crippen LogP contribution in [0.1, 0.15) is 53.9 Å². The van der Waals surface area contributed by atoms with E-state index in [9.17, 15) is 9.59 Å². The van der Waals surface area contributed by atoms with Gasteiger partial charge in [-0.2, -0.15) is 0 Å². The lowest BCUT2D eigenvalue weighted by Gasteiger charge is -2.29. The fourth-order valence-electron chi connectivity index (χ4n) is 3.94. The molecule has 2 N–H and O–H groups in total. The molecule has 4 rings (SSSR count). The SMILES string of the molecule is C[C@@H](NC(=O)/C(=C/c1ccco1)NC(=O)c1ccccc1)c1ccc(N2CCCCC2)cc1. The largest absolute Gasteiger partial charge is 0.465 e. The summed E-state index contributed by atoms with van der Waals surface area (Å²) in [7, 11) is 0. The van der Waals surface area contributed by atoms with Crippen LogP contribution in [0.4, 0.5) is 5.69 Å². The zero-order valence-corrected chi connectivity index (χ0v) is 18.8. The van der Waals surface area contributed by atoms with Crippen LogP contribution < -0.4 is 15.5 Å². The van der Waals surface area contributed by atoms with E-state index >= 15 is 0 Å². The summed E-state index contributed by atoms with van der Waals surface area (Å²) in [5.41, 5.74) is 2.80. The highest BCUT2D eigenvalue weighted by Gasteiger charge is 2.18. The Hall–Kier alpha value is -3.80. The molecule has 0 unspecified atom stereocenters. The quantitative estimate of drug-likeness (QED) is 0.509. The van der Waals surface area contributed by atoms with Crippen molar-refractivity contribution < 1.29 is 14.0 Å². The number of carbonyl (C=O) groups excluding carboxylic acids is 2. The van der Waals surface area contributed by atoms with Gasteiger partial charge in [0.15, 0.2) is 0 Å². The zero-order chi connectivity index (χ0) is 23.0. The second kappa shape index (κ2) is 10.7. The second-order valence-corrected chi connectivity index (χ2v) is 8.23. The summed E-state index contributed by atoms with van der Waals surface area (Å²) in [6.07, 6.45) is 6.81. The van der Waals surface area contributed by atoms with Crippen molar-refractivity contribution in [1.82, 2.24) is 10.6 Å². The molecule has 0 bridgehead atoms. The molecule has 0 spiro atoms. The van der Waals surface area contributed by atoms with Gasteiger partial charge in [0.25, 0.3) is 11.8 Å². The average Bonchev–Trinajstić information content (AvgIpc) is 3.38. The molecule has 33 heavy (non-hydrogen) atoms. The number of carbonyl (C=O) groups is 2. The fraction of sp³-hybridized carbons (Fsp3) is 0.259. The highest BCUT2D eigenvalue weighted by Crippen LogP contribution is 2.22. The molecule has 1 aliphatic heterocycles. The number of hydrogen-bond acceptors (Lipinski definition) is 4. The number of anilines is 1. The Balaban J connectivity index is 1.46. The second-order valence-electron chi connectivity index (χ2n) is 8.23. The lowest BCUT2D eigenvalue weighted by Crippen LogP contribution is -2.36. The zero-order valence-electron chi connectivity index (χ0n) is 18.8. The van der Waals surface area contributed by atoms with Crippen LogP contribution in [-0.4, -0.2) is 24.9 Å². The monoisotopic (exact) mass is 443 g/mol. The molecule has 2 amide bonds. The van der Waals surface area contributed by atoms with Crippen molar-refractivity contribution in [1.29, 1.82) is 0 Å². The first-order valence-corrected chi connectivity index (χ1v) is 11.4. The van der Waals surface area contributed by atoms with E-state index in [4.69, 9.17) is 4.42 Å². The molecule has 170 valence electrons. The van der Waals surface area contributed by atoms with Gasteiger partial charge in [0.05, 0.1) is 12.3 Å². The first-order chi connectivity index (χ1) is 16.1. The minimum Gasteiger partial charge on any atom is -0.465 e. The van der Waals surface area contributed by atoms with E-state index in [-0.39, 0.29) is 23.6 Å². The number of rotatable bonds is 7. The molecule has 1 aliphatic rings. The standard InChI is InChI=1S/C27H29N3O3/c1-20(21-12-14-23(15-13-21)30-16-6-3-7-17-30)28-27(32)25(19-24-11-8-18-33-24)29-26(31)22-9-4-2-5-10-22/h2,4-5,8-15,18-20H,3,6-7,16-17H2,1H3,(H,28,32)(H,29,31)/b25-19-/t20-/m1/s1. The summed E-state index contributed by atoms with van der Waals surface area (Å²) >= 11 is 0. The lowest BCUT2D eigenvalue weighted by atomic mass is 10.1. The van der Waals surface area contributed by atoms with Gasteiger partial charge in [0.2, 0.25) is 0 Å². The van der Waals surface area contributed by atoms with E-state index in [1.807, 2.05) is 25.1 Å². The average molecular weight is 444 g/mol. The van der Waals surface area contributed by atoms with Gasteiger partial charge in [-0.1, -0.05) is 30.3 Å². The summed E-state index contributed by atoms with van der Waals surface area (Å²) in [5.74, 6) is -0.266. The normalized spacial score (nSPS) is 15.1. The summed E-state index contributed by atoms with van der Waals surface area (Å²) in [4.78, 5) is 28.2. The van der Waals surface area contributed by atoms with E-state index in [1.165, 1.54) is 37.3 Å². The molecule has 1 saturated heterocycles. The maximum absolute atomic E-state index is 13.1. The number of furan rings is 1. The van der Waals surface area contributed by atoms with Crippen LogP contribution in [0.25, 0.3) is 6.08 Å². The third-order valence-electron chi connectivity index (χ3n) is 5.82. The van der Waals surface area contributed by atoms with E-state index in [0.717, 1.165) is 18.7 Å². The Morgan fingerprint density at radius 3 is 2.33 bits per heavy atom. The van der Waals surface area contributed by atoms with Crippen LogP contribution >= 0.6 is 0 Å². The summed E-state index contributed by atoms with van der Waals surface area (Å²) in [5, 5.41) is 5.71. The van der Waals surface area contributed by atoms with Crippen LogP contribution in [0.3, 0.4) is 0 Å². The molecule has 0 radical (unpaired) electrons. The topological polar surface area (TPSA) is 74.6 Å². The van der Waals surface area contributed by atoms with Crippen molar-refractivity contribution in [2.75, 3.05) is 18.0 Å². The molecule has 1 atom stereocenters. The van der Waals surface area contributed by atoms with Gasteiger partial charge in [-0.3, -0.25) is 9.59 Å². The Morgan fingerprint density at radius 1 is 0.939 bits per heavy atom. The van der Waals surface area contributed by atoms with Crippen molar-refractivity contribution in [3.05, 3.63) is 95.6 Å². The molecule has 0 saturated carbocycles. The molecule has 1 aromatic heterocycles. The maximum Gasteiger partial charge on any atom is 0.268 e. The van der Waals surface area contributed by atoms with Gasteiger partial charge in [-0.25, -0.2) is 0 Å². The highest BCUT2D eigenvalue weighted by molar-refractivity contribution is 6.05. The van der Waals surface area contributed by atoms with Gasteiger partial charge < -0.3 is 20.0 Å². The van der Waals surface area contributed by atoms with Crippen LogP contribution in [-0.2, 0) is 4.79 Å². The predicted molar refractivity (Wildman–Crippen MR) is 130 cm³/mol. The van der Waals surface area contributed by atoms with E-state index in [1.54, 1.807) is 36.4 Å². The summed E-state index contributed by atoms with van der Waals surface area (Å²) in [6, 6.07) is 20.3. The maximum atomic E-state index is 13.1. The van der Waals surface area contributed by atoms with Gasteiger partial charge in [0, 0.05) is 30.4 Å². The molecular weight excluding hydrogens is 414 g/mol. The first-order valence-electron chi connectivity index (χ1n) is 11.4. The minimum atomic E-state index is -0.386. The minimum absolute atomic E-state index is 0.121. The molecule has 2 aromatic carbocycles. The summed E-state index contributed by atoms with van der Waals surface area (Å²) < 4.78 is 5.35. The fourth-order valence-corrected chi connectivity index (χ4v) is 3.94. The Labute approximate surface area is 194 Å². The van der Waals surface area contributed by atoms with Gasteiger partial charge in [-0.05, 0) is 68.1 Å². The number of nitrogens with zero attached hydrogens (tertiary/aromatic N) is 1. The van der Waals surface area contributed by atoms with Gasteiger partial charge in [0.1, 0.15) is 11.5 Å². The number of piperidine rings is 1. The highest BCUT2D eigenvalue weighted by atomic mass is 16.3. The smallest absolute Gasteiger partial charge is 0.268 e. The van der Waals surface area contributed by atoms with Crippen LogP contribution in [0, 0.1) is 0 Å². The van der Waals surface area contributed by atoms with E-state index in [2.05, 4.69) is 27.7 Å². The van der Waals surface area contributed by atoms with Crippen molar-refractivity contribution in [2.24, 2.45) is 0 Å². The Kier molecular flexibility index (Phi) is 7.25. The molecule has 1 fully saturated rings. The third kappa shape index (κ3) is 5.92. The number of hydrogen-bond donors (Lipinski definition) is 2. The third-order valence-corrected chi connectivity index (χ3v) is 5.82. The van der Waals surface area contributed by atoms with Crippen molar-refractivity contribution in [3.63, 3.8) is 0 Å². The van der Waals surface area contributed by atoms with Crippen molar-refractivity contribution in [2.45, 2.75) is 32.2 Å². The Morgan fingerprint density at radius 2 is 1.67 bits per heavy atom. The Bertz CT molecular complexity index is 1080. The molecular formula is C27H29N3O3. The summed E-state index contributed by atoms with van der Waals surface area (Å²) in [6.45, 7) is 4.11. The molecule has 6 heteroatoms. The molecule has 6 nitrogen and oxygen atoms in total. The van der Waals surface area contributed by atoms with Crippen LogP contribution in [0.5, 0.6) is 0 Å². The lowest BCUT2D eigenvalue weighted by molar-refractivity contribution is -0.118. The van der Waals surface area contributed by atoms with E-state index in [0.29, 0.717) is 11.3 Å². The van der Waals surface area contributed by atoms with Crippen LogP contribution in [0.15, 0.2) is 83.1 Å². The molecule has 0 aliphatic carbocycles.